The van der Waals surface area contributed by atoms with Crippen LogP contribution in [-0.4, -0.2) is 19.4 Å². The van der Waals surface area contributed by atoms with Crippen molar-refractivity contribution in [2.24, 2.45) is 0 Å². The van der Waals surface area contributed by atoms with Gasteiger partial charge in [0.1, 0.15) is 17.1 Å². The van der Waals surface area contributed by atoms with Crippen molar-refractivity contribution in [1.29, 1.82) is 5.26 Å². The zero-order valence-corrected chi connectivity index (χ0v) is 12.7. The average Bonchev–Trinajstić information content (AvgIpc) is 2.50. The van der Waals surface area contributed by atoms with Gasteiger partial charge in [0, 0.05) is 5.69 Å². The van der Waals surface area contributed by atoms with Crippen LogP contribution in [0.25, 0.3) is 0 Å². The van der Waals surface area contributed by atoms with Crippen LogP contribution in [0.1, 0.15) is 6.42 Å². The van der Waals surface area contributed by atoms with Crippen LogP contribution in [0.2, 0.25) is 0 Å². The lowest BCUT2D eigenvalue weighted by Gasteiger charge is -2.12. The third-order valence-electron chi connectivity index (χ3n) is 2.81. The SMILES string of the molecule is N#CCC(=O)Nc1ccccc1S(=O)(=O)Nc1ccc(O)cc1. The molecule has 0 atom stereocenters. The molecule has 0 bridgehead atoms. The van der Waals surface area contributed by atoms with Gasteiger partial charge < -0.3 is 10.4 Å². The monoisotopic (exact) mass is 331 g/mol. The summed E-state index contributed by atoms with van der Waals surface area (Å²) in [5, 5.41) is 20.1. The molecular weight excluding hydrogens is 318 g/mol. The predicted octanol–water partition coefficient (Wildman–Crippen LogP) is 2.05. The molecule has 0 saturated carbocycles. The van der Waals surface area contributed by atoms with E-state index in [-0.39, 0.29) is 28.4 Å². The molecule has 0 saturated heterocycles. The van der Waals surface area contributed by atoms with E-state index in [1.807, 2.05) is 0 Å². The summed E-state index contributed by atoms with van der Waals surface area (Å²) in [6, 6.07) is 13.1. The molecule has 0 radical (unpaired) electrons. The van der Waals surface area contributed by atoms with Gasteiger partial charge in [0.2, 0.25) is 5.91 Å². The van der Waals surface area contributed by atoms with Gasteiger partial charge in [-0.15, -0.1) is 0 Å². The van der Waals surface area contributed by atoms with Crippen molar-refractivity contribution in [3.05, 3.63) is 48.5 Å². The van der Waals surface area contributed by atoms with E-state index in [0.717, 1.165) is 0 Å². The Morgan fingerprint density at radius 1 is 1.13 bits per heavy atom. The number of hydrogen-bond acceptors (Lipinski definition) is 5. The Labute approximate surface area is 133 Å². The number of nitrogens with one attached hydrogen (secondary N) is 2. The minimum absolute atomic E-state index is 0.0112. The highest BCUT2D eigenvalue weighted by Gasteiger charge is 2.19. The molecule has 7 nitrogen and oxygen atoms in total. The zero-order chi connectivity index (χ0) is 16.9. The number of hydrogen-bond donors (Lipinski definition) is 3. The highest BCUT2D eigenvalue weighted by molar-refractivity contribution is 7.92. The summed E-state index contributed by atoms with van der Waals surface area (Å²) >= 11 is 0. The average molecular weight is 331 g/mol. The molecule has 0 aliphatic rings. The van der Waals surface area contributed by atoms with Crippen LogP contribution in [0.5, 0.6) is 5.75 Å². The van der Waals surface area contributed by atoms with E-state index in [2.05, 4.69) is 10.0 Å². The molecule has 3 N–H and O–H groups in total. The summed E-state index contributed by atoms with van der Waals surface area (Å²) in [5.74, 6) is -0.586. The second kappa shape index (κ2) is 6.81. The summed E-state index contributed by atoms with van der Waals surface area (Å²) in [6.45, 7) is 0. The normalized spacial score (nSPS) is 10.6. The predicted molar refractivity (Wildman–Crippen MR) is 84.2 cm³/mol. The number of sulfonamides is 1. The minimum Gasteiger partial charge on any atom is -0.508 e. The van der Waals surface area contributed by atoms with Crippen molar-refractivity contribution in [3.63, 3.8) is 0 Å². The number of carbonyl (C=O) groups is 1. The fraction of sp³-hybridized carbons (Fsp3) is 0.0667. The number of rotatable bonds is 5. The van der Waals surface area contributed by atoms with E-state index in [1.165, 1.54) is 42.5 Å². The molecule has 1 amide bonds. The largest absolute Gasteiger partial charge is 0.508 e. The van der Waals surface area contributed by atoms with Crippen molar-refractivity contribution in [3.8, 4) is 11.8 Å². The first-order valence-corrected chi connectivity index (χ1v) is 7.98. The highest BCUT2D eigenvalue weighted by Crippen LogP contribution is 2.24. The number of nitriles is 1. The fourth-order valence-electron chi connectivity index (χ4n) is 1.81. The smallest absolute Gasteiger partial charge is 0.263 e. The van der Waals surface area contributed by atoms with Crippen LogP contribution >= 0.6 is 0 Å². The van der Waals surface area contributed by atoms with Gasteiger partial charge in [-0.3, -0.25) is 9.52 Å². The Hall–Kier alpha value is -3.05. The van der Waals surface area contributed by atoms with Crippen LogP contribution in [0, 0.1) is 11.3 Å². The van der Waals surface area contributed by atoms with Crippen LogP contribution < -0.4 is 10.0 Å². The van der Waals surface area contributed by atoms with Gasteiger partial charge in [-0.1, -0.05) is 12.1 Å². The maximum Gasteiger partial charge on any atom is 0.263 e. The molecule has 2 aromatic rings. The second-order valence-corrected chi connectivity index (χ2v) is 6.18. The Kier molecular flexibility index (Phi) is 4.83. The van der Waals surface area contributed by atoms with E-state index in [4.69, 9.17) is 5.26 Å². The molecule has 2 rings (SSSR count). The number of amides is 1. The molecule has 0 unspecified atom stereocenters. The topological polar surface area (TPSA) is 119 Å². The van der Waals surface area contributed by atoms with Gasteiger partial charge in [-0.2, -0.15) is 5.26 Å². The van der Waals surface area contributed by atoms with Gasteiger partial charge in [0.05, 0.1) is 11.8 Å². The number of nitrogens with zero attached hydrogens (tertiary/aromatic N) is 1. The first-order chi connectivity index (χ1) is 10.9. The van der Waals surface area contributed by atoms with Crippen molar-refractivity contribution in [2.45, 2.75) is 11.3 Å². The first-order valence-electron chi connectivity index (χ1n) is 6.50. The summed E-state index contributed by atoms with van der Waals surface area (Å²) in [4.78, 5) is 11.4. The highest BCUT2D eigenvalue weighted by atomic mass is 32.2. The molecule has 2 aromatic carbocycles. The maximum atomic E-state index is 12.5. The van der Waals surface area contributed by atoms with Gasteiger partial charge in [0.25, 0.3) is 10.0 Å². The molecule has 23 heavy (non-hydrogen) atoms. The van der Waals surface area contributed by atoms with E-state index in [1.54, 1.807) is 12.1 Å². The third-order valence-corrected chi connectivity index (χ3v) is 4.25. The second-order valence-electron chi connectivity index (χ2n) is 4.53. The molecular formula is C15H13N3O4S. The molecule has 0 aromatic heterocycles. The van der Waals surface area contributed by atoms with Gasteiger partial charge in [0.15, 0.2) is 0 Å². The number of aromatic hydroxyl groups is 1. The zero-order valence-electron chi connectivity index (χ0n) is 11.9. The lowest BCUT2D eigenvalue weighted by Crippen LogP contribution is -2.18. The van der Waals surface area contributed by atoms with Gasteiger partial charge in [-0.25, -0.2) is 8.42 Å². The Bertz CT molecular complexity index is 855. The number of carbonyl (C=O) groups excluding carboxylic acids is 1. The minimum atomic E-state index is -3.95. The lowest BCUT2D eigenvalue weighted by molar-refractivity contribution is -0.115. The summed E-state index contributed by atoms with van der Waals surface area (Å²) in [5.41, 5.74) is 0.347. The molecule has 0 aliphatic heterocycles. The molecule has 0 fully saturated rings. The standard InChI is InChI=1S/C15H13N3O4S/c16-10-9-15(20)17-13-3-1-2-4-14(13)23(21,22)18-11-5-7-12(19)8-6-11/h1-8,18-19H,9H2,(H,17,20). The van der Waals surface area contributed by atoms with Gasteiger partial charge >= 0.3 is 0 Å². The van der Waals surface area contributed by atoms with Crippen LogP contribution in [-0.2, 0) is 14.8 Å². The number of phenolic OH excluding ortho intramolecular Hbond substituents is 1. The first kappa shape index (κ1) is 16.3. The summed E-state index contributed by atoms with van der Waals surface area (Å²) in [6.07, 6.45) is -0.375. The number of benzene rings is 2. The van der Waals surface area contributed by atoms with E-state index in [9.17, 15) is 18.3 Å². The van der Waals surface area contributed by atoms with Crippen LogP contribution in [0.3, 0.4) is 0 Å². The van der Waals surface area contributed by atoms with Crippen LogP contribution in [0.15, 0.2) is 53.4 Å². The Morgan fingerprint density at radius 3 is 2.43 bits per heavy atom. The quantitative estimate of drug-likeness (QED) is 0.724. The van der Waals surface area contributed by atoms with E-state index in [0.29, 0.717) is 0 Å². The molecule has 0 spiro atoms. The third kappa shape index (κ3) is 4.21. The van der Waals surface area contributed by atoms with Crippen molar-refractivity contribution >= 4 is 27.3 Å². The number of anilines is 2. The molecule has 8 heteroatoms. The Morgan fingerprint density at radius 2 is 1.78 bits per heavy atom. The van der Waals surface area contributed by atoms with Crippen molar-refractivity contribution < 1.29 is 18.3 Å². The van der Waals surface area contributed by atoms with E-state index < -0.39 is 15.9 Å². The fourth-order valence-corrected chi connectivity index (χ4v) is 3.03. The van der Waals surface area contributed by atoms with Crippen LogP contribution in [0.4, 0.5) is 11.4 Å². The molecule has 0 aliphatic carbocycles. The van der Waals surface area contributed by atoms with Crippen molar-refractivity contribution in [1.82, 2.24) is 0 Å². The number of para-hydroxylation sites is 1. The summed E-state index contributed by atoms with van der Waals surface area (Å²) < 4.78 is 27.3. The molecule has 118 valence electrons. The number of phenols is 1. The van der Waals surface area contributed by atoms with E-state index >= 15 is 0 Å². The summed E-state index contributed by atoms with van der Waals surface area (Å²) in [7, 11) is -3.95. The molecule has 0 heterocycles. The van der Waals surface area contributed by atoms with Gasteiger partial charge in [-0.05, 0) is 36.4 Å². The maximum absolute atomic E-state index is 12.5. The Balaban J connectivity index is 2.31. The van der Waals surface area contributed by atoms with Crippen molar-refractivity contribution in [2.75, 3.05) is 10.0 Å². The lowest BCUT2D eigenvalue weighted by atomic mass is 10.3.